The highest BCUT2D eigenvalue weighted by Gasteiger charge is 2.28. The molecule has 1 aromatic carbocycles. The quantitative estimate of drug-likeness (QED) is 0.741. The van der Waals surface area contributed by atoms with E-state index in [2.05, 4.69) is 9.97 Å². The van der Waals surface area contributed by atoms with Crippen molar-refractivity contribution in [3.63, 3.8) is 0 Å². The fourth-order valence-electron chi connectivity index (χ4n) is 3.80. The van der Waals surface area contributed by atoms with Gasteiger partial charge in [0.1, 0.15) is 5.82 Å². The topological polar surface area (TPSA) is 89.2 Å². The summed E-state index contributed by atoms with van der Waals surface area (Å²) in [5.41, 5.74) is 8.56. The zero-order chi connectivity index (χ0) is 20.5. The van der Waals surface area contributed by atoms with Crippen LogP contribution in [0, 0.1) is 12.7 Å². The maximum absolute atomic E-state index is 13.5. The molecule has 0 unspecified atom stereocenters. The first-order valence-corrected chi connectivity index (χ1v) is 9.54. The van der Waals surface area contributed by atoms with Gasteiger partial charge in [-0.25, -0.2) is 4.39 Å². The lowest BCUT2D eigenvalue weighted by Crippen LogP contribution is -2.38. The molecule has 0 bridgehead atoms. The molecule has 2 aromatic heterocycles. The number of nitrogens with two attached hydrogens (primary N) is 1. The fraction of sp³-hybridized carbons (Fsp3) is 0.273. The van der Waals surface area contributed by atoms with Crippen molar-refractivity contribution in [3.8, 4) is 0 Å². The van der Waals surface area contributed by atoms with Crippen LogP contribution in [-0.2, 0) is 0 Å². The first-order chi connectivity index (χ1) is 13.9. The molecule has 7 heteroatoms. The van der Waals surface area contributed by atoms with E-state index in [1.54, 1.807) is 29.3 Å². The number of primary amides is 1. The fourth-order valence-corrected chi connectivity index (χ4v) is 3.80. The summed E-state index contributed by atoms with van der Waals surface area (Å²) in [5.74, 6) is -1.01. The van der Waals surface area contributed by atoms with Crippen LogP contribution >= 0.6 is 0 Å². The second-order valence-electron chi connectivity index (χ2n) is 7.38. The predicted octanol–water partition coefficient (Wildman–Crippen LogP) is 3.20. The summed E-state index contributed by atoms with van der Waals surface area (Å²) in [6, 6.07) is 9.50. The van der Waals surface area contributed by atoms with Crippen LogP contribution in [0.3, 0.4) is 0 Å². The summed E-state index contributed by atoms with van der Waals surface area (Å²) in [6.45, 7) is 2.98. The minimum absolute atomic E-state index is 0.00662. The van der Waals surface area contributed by atoms with E-state index in [-0.39, 0.29) is 17.6 Å². The lowest BCUT2D eigenvalue weighted by Gasteiger charge is -2.32. The van der Waals surface area contributed by atoms with E-state index in [9.17, 15) is 14.0 Å². The number of carbonyl (C=O) groups excluding carboxylic acids is 2. The Morgan fingerprint density at radius 2 is 1.90 bits per heavy atom. The number of likely N-dealkylation sites (tertiary alicyclic amines) is 1. The second-order valence-corrected chi connectivity index (χ2v) is 7.38. The molecule has 0 aliphatic carbocycles. The Morgan fingerprint density at radius 3 is 2.55 bits per heavy atom. The van der Waals surface area contributed by atoms with Gasteiger partial charge in [0, 0.05) is 36.3 Å². The average molecular weight is 392 g/mol. The van der Waals surface area contributed by atoms with Crippen molar-refractivity contribution in [2.45, 2.75) is 25.7 Å². The Hall–Kier alpha value is -3.35. The number of piperidine rings is 1. The first kappa shape index (κ1) is 19.0. The number of hydrogen-bond donors (Lipinski definition) is 1. The van der Waals surface area contributed by atoms with Gasteiger partial charge in [0.2, 0.25) is 0 Å². The third kappa shape index (κ3) is 3.81. The molecule has 4 rings (SSSR count). The van der Waals surface area contributed by atoms with Crippen LogP contribution in [0.4, 0.5) is 4.39 Å². The largest absolute Gasteiger partial charge is 0.366 e. The number of aryl methyl sites for hydroxylation is 1. The van der Waals surface area contributed by atoms with Crippen molar-refractivity contribution in [1.82, 2.24) is 14.9 Å². The highest BCUT2D eigenvalue weighted by Crippen LogP contribution is 2.31. The summed E-state index contributed by atoms with van der Waals surface area (Å²) in [6.07, 6.45) is 2.94. The maximum atomic E-state index is 13.5. The minimum Gasteiger partial charge on any atom is -0.366 e. The van der Waals surface area contributed by atoms with Crippen molar-refractivity contribution in [2.24, 2.45) is 5.73 Å². The molecule has 148 valence electrons. The number of rotatable bonds is 3. The summed E-state index contributed by atoms with van der Waals surface area (Å²) < 4.78 is 13.5. The average Bonchev–Trinajstić information content (AvgIpc) is 2.73. The summed E-state index contributed by atoms with van der Waals surface area (Å²) in [7, 11) is 0. The second kappa shape index (κ2) is 7.58. The van der Waals surface area contributed by atoms with Crippen molar-refractivity contribution in [3.05, 3.63) is 70.9 Å². The van der Waals surface area contributed by atoms with E-state index in [4.69, 9.17) is 5.73 Å². The number of halogens is 1. The van der Waals surface area contributed by atoms with Gasteiger partial charge in [0.15, 0.2) is 0 Å². The lowest BCUT2D eigenvalue weighted by atomic mass is 9.89. The molecule has 2 amide bonds. The van der Waals surface area contributed by atoms with Crippen molar-refractivity contribution < 1.29 is 14.0 Å². The molecule has 2 N–H and O–H groups in total. The maximum Gasteiger partial charge on any atom is 0.255 e. The van der Waals surface area contributed by atoms with E-state index in [1.807, 2.05) is 13.0 Å². The molecule has 3 heterocycles. The predicted molar refractivity (Wildman–Crippen MR) is 107 cm³/mol. The molecule has 1 aliphatic heterocycles. The Bertz CT molecular complexity index is 1090. The molecule has 0 atom stereocenters. The van der Waals surface area contributed by atoms with Crippen LogP contribution in [0.15, 0.2) is 42.6 Å². The monoisotopic (exact) mass is 392 g/mol. The SMILES string of the molecule is Cc1ccc(C(=O)N2CCC(c3nc4ccc(F)cc4cc3C(N)=O)CC2)cn1. The Labute approximate surface area is 167 Å². The third-order valence-electron chi connectivity index (χ3n) is 5.40. The number of fused-ring (bicyclic) bond motifs is 1. The number of amides is 2. The Kier molecular flexibility index (Phi) is 4.96. The van der Waals surface area contributed by atoms with E-state index in [1.165, 1.54) is 12.1 Å². The summed E-state index contributed by atoms with van der Waals surface area (Å²) in [5, 5.41) is 0.544. The lowest BCUT2D eigenvalue weighted by molar-refractivity contribution is 0.0710. The number of pyridine rings is 2. The van der Waals surface area contributed by atoms with Gasteiger partial charge < -0.3 is 10.6 Å². The van der Waals surface area contributed by atoms with Crippen molar-refractivity contribution >= 4 is 22.7 Å². The van der Waals surface area contributed by atoms with Gasteiger partial charge in [-0.15, -0.1) is 0 Å². The van der Waals surface area contributed by atoms with Gasteiger partial charge in [-0.3, -0.25) is 19.6 Å². The molecule has 1 fully saturated rings. The third-order valence-corrected chi connectivity index (χ3v) is 5.40. The Morgan fingerprint density at radius 1 is 1.14 bits per heavy atom. The zero-order valence-electron chi connectivity index (χ0n) is 16.1. The van der Waals surface area contributed by atoms with E-state index in [0.717, 1.165) is 5.69 Å². The summed E-state index contributed by atoms with van der Waals surface area (Å²) in [4.78, 5) is 35.3. The molecule has 29 heavy (non-hydrogen) atoms. The van der Waals surface area contributed by atoms with Crippen LogP contribution in [0.2, 0.25) is 0 Å². The number of hydrogen-bond acceptors (Lipinski definition) is 4. The smallest absolute Gasteiger partial charge is 0.255 e. The van der Waals surface area contributed by atoms with E-state index in [0.29, 0.717) is 53.7 Å². The van der Waals surface area contributed by atoms with Gasteiger partial charge in [-0.05, 0) is 56.2 Å². The standard InChI is InChI=1S/C22H21FN4O2/c1-13-2-3-15(12-25-13)22(29)27-8-6-14(7-9-27)20-18(21(24)28)11-16-10-17(23)4-5-19(16)26-20/h2-5,10-12,14H,6-9H2,1H3,(H2,24,28). The van der Waals surface area contributed by atoms with Crippen LogP contribution in [0.1, 0.15) is 50.9 Å². The minimum atomic E-state index is -0.581. The molecular formula is C22H21FN4O2. The van der Waals surface area contributed by atoms with Crippen LogP contribution in [0.25, 0.3) is 10.9 Å². The number of carbonyl (C=O) groups is 2. The summed E-state index contributed by atoms with van der Waals surface area (Å²) >= 11 is 0. The zero-order valence-corrected chi connectivity index (χ0v) is 16.1. The van der Waals surface area contributed by atoms with Gasteiger partial charge in [0.25, 0.3) is 11.8 Å². The van der Waals surface area contributed by atoms with E-state index >= 15 is 0 Å². The molecule has 0 saturated carbocycles. The number of benzene rings is 1. The van der Waals surface area contributed by atoms with Crippen LogP contribution in [0.5, 0.6) is 0 Å². The molecule has 1 saturated heterocycles. The van der Waals surface area contributed by atoms with Gasteiger partial charge >= 0.3 is 0 Å². The molecule has 6 nitrogen and oxygen atoms in total. The number of aromatic nitrogens is 2. The highest BCUT2D eigenvalue weighted by molar-refractivity contribution is 5.98. The van der Waals surface area contributed by atoms with E-state index < -0.39 is 5.91 Å². The highest BCUT2D eigenvalue weighted by atomic mass is 19.1. The first-order valence-electron chi connectivity index (χ1n) is 9.54. The normalized spacial score (nSPS) is 14.9. The van der Waals surface area contributed by atoms with Gasteiger partial charge in [-0.1, -0.05) is 0 Å². The van der Waals surface area contributed by atoms with Crippen molar-refractivity contribution in [2.75, 3.05) is 13.1 Å². The van der Waals surface area contributed by atoms with Crippen molar-refractivity contribution in [1.29, 1.82) is 0 Å². The molecule has 0 spiro atoms. The van der Waals surface area contributed by atoms with Gasteiger partial charge in [0.05, 0.1) is 22.3 Å². The number of nitrogens with zero attached hydrogens (tertiary/aromatic N) is 3. The molecule has 3 aromatic rings. The molecule has 0 radical (unpaired) electrons. The van der Waals surface area contributed by atoms with Crippen LogP contribution in [-0.4, -0.2) is 39.8 Å². The van der Waals surface area contributed by atoms with Crippen LogP contribution < -0.4 is 5.73 Å². The van der Waals surface area contributed by atoms with Gasteiger partial charge in [-0.2, -0.15) is 0 Å². The Balaban J connectivity index is 1.56. The molecule has 1 aliphatic rings. The molecular weight excluding hydrogens is 371 g/mol.